The Morgan fingerprint density at radius 3 is 1.50 bits per heavy atom. The third kappa shape index (κ3) is 4.91. The lowest BCUT2D eigenvalue weighted by Gasteiger charge is -2.16. The van der Waals surface area contributed by atoms with Gasteiger partial charge in [0.15, 0.2) is 0 Å². The van der Waals surface area contributed by atoms with Gasteiger partial charge in [0.05, 0.1) is 22.8 Å². The molecule has 1 heterocycles. The number of fused-ring (bicyclic) bond motifs is 3. The maximum atomic E-state index is 10.1. The Bertz CT molecular complexity index is 2380. The molecule has 0 saturated carbocycles. The summed E-state index contributed by atoms with van der Waals surface area (Å²) < 4.78 is 0. The van der Waals surface area contributed by atoms with E-state index in [4.69, 9.17) is 4.98 Å². The number of aromatic nitrogens is 1. The minimum absolute atomic E-state index is 0.641. The SMILES string of the molecule is N#Cc1ccccc1-c1cc(-c2ccc(-c3ccccc3)cc2)nc2c1cc(-c1ccc(-c3ccccc3)cc1)c1ccccc12. The van der Waals surface area contributed by atoms with Crippen LogP contribution in [-0.2, 0) is 0 Å². The lowest BCUT2D eigenvalue weighted by molar-refractivity contribution is 1.40. The summed E-state index contributed by atoms with van der Waals surface area (Å²) in [5, 5.41) is 13.4. The molecule has 0 aliphatic carbocycles. The van der Waals surface area contributed by atoms with Crippen molar-refractivity contribution in [2.75, 3.05) is 0 Å². The fourth-order valence-electron chi connectivity index (χ4n) is 6.41. The molecule has 2 nitrogen and oxygen atoms in total. The summed E-state index contributed by atoms with van der Waals surface area (Å²) in [5.41, 5.74) is 12.4. The smallest absolute Gasteiger partial charge is 0.0998 e. The minimum Gasteiger partial charge on any atom is -0.247 e. The molecular weight excluding hydrogens is 556 g/mol. The predicted molar refractivity (Wildman–Crippen MR) is 191 cm³/mol. The van der Waals surface area contributed by atoms with Crippen LogP contribution in [0, 0.1) is 11.3 Å². The largest absolute Gasteiger partial charge is 0.247 e. The first-order valence-electron chi connectivity index (χ1n) is 15.4. The number of rotatable bonds is 5. The van der Waals surface area contributed by atoms with E-state index in [2.05, 4.69) is 140 Å². The first kappa shape index (κ1) is 27.3. The number of nitriles is 1. The van der Waals surface area contributed by atoms with Gasteiger partial charge in [-0.2, -0.15) is 5.26 Å². The molecule has 7 aromatic carbocycles. The second-order valence-electron chi connectivity index (χ2n) is 11.5. The fraction of sp³-hybridized carbons (Fsp3) is 0. The highest BCUT2D eigenvalue weighted by atomic mass is 14.7. The van der Waals surface area contributed by atoms with E-state index >= 15 is 0 Å². The van der Waals surface area contributed by atoms with Crippen LogP contribution in [0.1, 0.15) is 5.56 Å². The molecule has 8 aromatic rings. The van der Waals surface area contributed by atoms with Crippen LogP contribution in [0.3, 0.4) is 0 Å². The summed E-state index contributed by atoms with van der Waals surface area (Å²) >= 11 is 0. The molecule has 0 spiro atoms. The zero-order valence-electron chi connectivity index (χ0n) is 25.1. The fourth-order valence-corrected chi connectivity index (χ4v) is 6.41. The van der Waals surface area contributed by atoms with Crippen molar-refractivity contribution < 1.29 is 0 Å². The van der Waals surface area contributed by atoms with E-state index in [1.54, 1.807) is 0 Å². The highest BCUT2D eigenvalue weighted by molar-refractivity contribution is 6.16. The van der Waals surface area contributed by atoms with Gasteiger partial charge in [0, 0.05) is 21.9 Å². The van der Waals surface area contributed by atoms with Gasteiger partial charge in [0.1, 0.15) is 0 Å². The highest BCUT2D eigenvalue weighted by Crippen LogP contribution is 2.41. The summed E-state index contributed by atoms with van der Waals surface area (Å²) in [6.45, 7) is 0. The van der Waals surface area contributed by atoms with Crippen molar-refractivity contribution in [2.45, 2.75) is 0 Å². The van der Waals surface area contributed by atoms with E-state index < -0.39 is 0 Å². The Balaban J connectivity index is 1.36. The normalized spacial score (nSPS) is 11.0. The second kappa shape index (κ2) is 11.7. The highest BCUT2D eigenvalue weighted by Gasteiger charge is 2.17. The number of hydrogen-bond acceptors (Lipinski definition) is 2. The maximum absolute atomic E-state index is 10.1. The molecule has 0 radical (unpaired) electrons. The molecule has 0 bridgehead atoms. The molecule has 0 saturated heterocycles. The van der Waals surface area contributed by atoms with Gasteiger partial charge in [-0.1, -0.05) is 152 Å². The molecule has 214 valence electrons. The van der Waals surface area contributed by atoms with E-state index in [1.165, 1.54) is 16.7 Å². The summed E-state index contributed by atoms with van der Waals surface area (Å²) in [6, 6.07) is 61.4. The van der Waals surface area contributed by atoms with Crippen LogP contribution < -0.4 is 0 Å². The molecule has 0 atom stereocenters. The van der Waals surface area contributed by atoms with E-state index in [1.807, 2.05) is 36.4 Å². The number of nitrogens with zero attached hydrogens (tertiary/aromatic N) is 2. The summed E-state index contributed by atoms with van der Waals surface area (Å²) in [7, 11) is 0. The summed E-state index contributed by atoms with van der Waals surface area (Å²) in [4.78, 5) is 5.32. The summed E-state index contributed by atoms with van der Waals surface area (Å²) in [6.07, 6.45) is 0. The van der Waals surface area contributed by atoms with E-state index in [0.717, 1.165) is 60.8 Å². The van der Waals surface area contributed by atoms with Crippen LogP contribution in [0.2, 0.25) is 0 Å². The zero-order chi connectivity index (χ0) is 30.9. The van der Waals surface area contributed by atoms with Crippen LogP contribution in [0.4, 0.5) is 0 Å². The van der Waals surface area contributed by atoms with Crippen LogP contribution in [0.15, 0.2) is 170 Å². The Morgan fingerprint density at radius 1 is 0.370 bits per heavy atom. The molecule has 0 N–H and O–H groups in total. The van der Waals surface area contributed by atoms with Gasteiger partial charge in [-0.15, -0.1) is 0 Å². The minimum atomic E-state index is 0.641. The zero-order valence-corrected chi connectivity index (χ0v) is 25.1. The number of hydrogen-bond donors (Lipinski definition) is 0. The third-order valence-corrected chi connectivity index (χ3v) is 8.75. The molecule has 8 rings (SSSR count). The summed E-state index contributed by atoms with van der Waals surface area (Å²) in [5.74, 6) is 0. The van der Waals surface area contributed by atoms with E-state index in [9.17, 15) is 5.26 Å². The van der Waals surface area contributed by atoms with Crippen LogP contribution in [-0.4, -0.2) is 4.98 Å². The molecule has 0 unspecified atom stereocenters. The average Bonchev–Trinajstić information content (AvgIpc) is 3.15. The van der Waals surface area contributed by atoms with Crippen molar-refractivity contribution >= 4 is 21.7 Å². The molecule has 2 heteroatoms. The molecule has 0 aliphatic heterocycles. The first-order valence-corrected chi connectivity index (χ1v) is 15.4. The van der Waals surface area contributed by atoms with Crippen molar-refractivity contribution in [3.8, 4) is 61.8 Å². The van der Waals surface area contributed by atoms with Gasteiger partial charge in [-0.3, -0.25) is 0 Å². The third-order valence-electron chi connectivity index (χ3n) is 8.75. The Labute approximate surface area is 268 Å². The monoisotopic (exact) mass is 584 g/mol. The van der Waals surface area contributed by atoms with Crippen LogP contribution >= 0.6 is 0 Å². The van der Waals surface area contributed by atoms with Gasteiger partial charge in [-0.25, -0.2) is 4.98 Å². The lowest BCUT2D eigenvalue weighted by atomic mass is 9.89. The van der Waals surface area contributed by atoms with Crippen molar-refractivity contribution in [1.29, 1.82) is 5.26 Å². The number of pyridine rings is 1. The Morgan fingerprint density at radius 2 is 0.870 bits per heavy atom. The molecule has 1 aromatic heterocycles. The van der Waals surface area contributed by atoms with Gasteiger partial charge in [0.2, 0.25) is 0 Å². The van der Waals surface area contributed by atoms with Gasteiger partial charge in [-0.05, 0) is 62.5 Å². The van der Waals surface area contributed by atoms with Crippen LogP contribution in [0.5, 0.6) is 0 Å². The molecular formula is C44H28N2. The molecule has 0 aliphatic rings. The van der Waals surface area contributed by atoms with Crippen molar-refractivity contribution in [3.63, 3.8) is 0 Å². The average molecular weight is 585 g/mol. The lowest BCUT2D eigenvalue weighted by Crippen LogP contribution is -1.94. The maximum Gasteiger partial charge on any atom is 0.0998 e. The topological polar surface area (TPSA) is 36.7 Å². The Hall–Kier alpha value is -6.30. The van der Waals surface area contributed by atoms with Crippen molar-refractivity contribution in [1.82, 2.24) is 4.98 Å². The van der Waals surface area contributed by atoms with Crippen molar-refractivity contribution in [2.24, 2.45) is 0 Å². The van der Waals surface area contributed by atoms with Crippen LogP contribution in [0.25, 0.3) is 77.4 Å². The molecule has 0 fully saturated rings. The quantitative estimate of drug-likeness (QED) is 0.189. The first-order chi connectivity index (χ1) is 22.8. The van der Waals surface area contributed by atoms with Gasteiger partial charge >= 0.3 is 0 Å². The predicted octanol–water partition coefficient (Wildman–Crippen LogP) is 11.6. The molecule has 46 heavy (non-hydrogen) atoms. The van der Waals surface area contributed by atoms with E-state index in [0.29, 0.717) is 5.56 Å². The van der Waals surface area contributed by atoms with Gasteiger partial charge in [0.25, 0.3) is 0 Å². The standard InChI is InChI=1S/C44H28N2/c45-29-36-15-7-8-16-37(36)41-28-43(35-25-21-33(22-26-35)31-13-5-2-6-14-31)46-44-39-18-10-9-17-38(39)40(27-42(41)44)34-23-19-32(20-24-34)30-11-3-1-4-12-30/h1-28H. The van der Waals surface area contributed by atoms with E-state index in [-0.39, 0.29) is 0 Å². The Kier molecular flexibility index (Phi) is 6.91. The van der Waals surface area contributed by atoms with Crippen molar-refractivity contribution in [3.05, 3.63) is 175 Å². The molecule has 0 amide bonds. The van der Waals surface area contributed by atoms with Gasteiger partial charge < -0.3 is 0 Å². The number of benzene rings is 7. The second-order valence-corrected chi connectivity index (χ2v) is 11.5.